The maximum absolute atomic E-state index is 10.4. The van der Waals surface area contributed by atoms with Gasteiger partial charge in [0.15, 0.2) is 0 Å². The van der Waals surface area contributed by atoms with Gasteiger partial charge in [0, 0.05) is 24.1 Å². The number of rotatable bonds is 2. The molecule has 1 atom stereocenters. The number of para-hydroxylation sites is 1. The van der Waals surface area contributed by atoms with Crippen LogP contribution in [0, 0.1) is 0 Å². The molecule has 0 saturated carbocycles. The third-order valence-corrected chi connectivity index (χ3v) is 4.38. The minimum atomic E-state index is -0.145. The van der Waals surface area contributed by atoms with E-state index in [-0.39, 0.29) is 11.8 Å². The number of methoxy groups -OCH3 is 1. The van der Waals surface area contributed by atoms with E-state index in [0.717, 1.165) is 23.5 Å². The highest BCUT2D eigenvalue weighted by molar-refractivity contribution is 5.52. The molecule has 4 rings (SSSR count). The van der Waals surface area contributed by atoms with Crippen LogP contribution < -0.4 is 10.1 Å². The molecule has 2 aromatic carbocycles. The smallest absolute Gasteiger partial charge is 0.127 e. The summed E-state index contributed by atoms with van der Waals surface area (Å²) in [7, 11) is 1.63. The highest BCUT2D eigenvalue weighted by Crippen LogP contribution is 2.39. The Morgan fingerprint density at radius 3 is 2.83 bits per heavy atom. The number of phenols is 1. The predicted molar refractivity (Wildman–Crippen MR) is 89.1 cm³/mol. The Morgan fingerprint density at radius 1 is 1.09 bits per heavy atom. The first-order valence-corrected chi connectivity index (χ1v) is 7.64. The molecular formula is C19H18N2O2. The molecule has 0 radical (unpaired) electrons. The Labute approximate surface area is 135 Å². The average Bonchev–Trinajstić information content (AvgIpc) is 3.00. The normalized spacial score (nSPS) is 16.3. The van der Waals surface area contributed by atoms with Crippen LogP contribution >= 0.6 is 0 Å². The molecule has 0 bridgehead atoms. The van der Waals surface area contributed by atoms with Crippen LogP contribution in [0.2, 0.25) is 0 Å². The van der Waals surface area contributed by atoms with Gasteiger partial charge in [0.2, 0.25) is 0 Å². The number of aromatic hydroxyl groups is 1. The van der Waals surface area contributed by atoms with Gasteiger partial charge in [-0.1, -0.05) is 24.3 Å². The van der Waals surface area contributed by atoms with Crippen molar-refractivity contribution in [3.63, 3.8) is 0 Å². The Balaban J connectivity index is 1.91. The lowest BCUT2D eigenvalue weighted by Gasteiger charge is -2.21. The van der Waals surface area contributed by atoms with E-state index in [4.69, 9.17) is 4.74 Å². The molecule has 2 N–H and O–H groups in total. The Kier molecular flexibility index (Phi) is 3.32. The van der Waals surface area contributed by atoms with Gasteiger partial charge < -0.3 is 19.7 Å². The fourth-order valence-electron chi connectivity index (χ4n) is 3.31. The number of hydrogen-bond acceptors (Lipinski definition) is 3. The number of nitrogens with zero attached hydrogens (tertiary/aromatic N) is 1. The van der Waals surface area contributed by atoms with E-state index >= 15 is 0 Å². The molecule has 0 aliphatic carbocycles. The van der Waals surface area contributed by atoms with Crippen LogP contribution in [0.3, 0.4) is 0 Å². The van der Waals surface area contributed by atoms with Gasteiger partial charge >= 0.3 is 0 Å². The van der Waals surface area contributed by atoms with Crippen molar-refractivity contribution >= 4 is 0 Å². The summed E-state index contributed by atoms with van der Waals surface area (Å²) in [6.07, 6.45) is 2.06. The van der Waals surface area contributed by atoms with Crippen molar-refractivity contribution in [1.29, 1.82) is 0 Å². The van der Waals surface area contributed by atoms with Crippen LogP contribution in [0.4, 0.5) is 0 Å². The number of fused-ring (bicyclic) bond motifs is 3. The van der Waals surface area contributed by atoms with Gasteiger partial charge in [-0.2, -0.15) is 0 Å². The van der Waals surface area contributed by atoms with Crippen molar-refractivity contribution < 1.29 is 9.84 Å². The quantitative estimate of drug-likeness (QED) is 0.763. The van der Waals surface area contributed by atoms with E-state index in [0.29, 0.717) is 5.75 Å². The van der Waals surface area contributed by atoms with Gasteiger partial charge in [0.05, 0.1) is 18.7 Å². The van der Waals surface area contributed by atoms with Gasteiger partial charge in [-0.3, -0.25) is 0 Å². The summed E-state index contributed by atoms with van der Waals surface area (Å²) in [6, 6.07) is 17.7. The third-order valence-electron chi connectivity index (χ3n) is 4.38. The molecule has 23 heavy (non-hydrogen) atoms. The van der Waals surface area contributed by atoms with Crippen molar-refractivity contribution in [3.05, 3.63) is 77.6 Å². The van der Waals surface area contributed by atoms with Crippen molar-refractivity contribution in [2.24, 2.45) is 0 Å². The molecule has 0 saturated heterocycles. The molecule has 1 aliphatic heterocycles. The topological polar surface area (TPSA) is 46.4 Å². The number of nitrogens with one attached hydrogen (secondary N) is 1. The second-order valence-corrected chi connectivity index (χ2v) is 5.64. The molecule has 0 spiro atoms. The van der Waals surface area contributed by atoms with Crippen LogP contribution in [-0.2, 0) is 6.54 Å². The molecule has 2 heterocycles. The fraction of sp³-hybridized carbons (Fsp3) is 0.158. The number of ether oxygens (including phenoxy) is 1. The highest BCUT2D eigenvalue weighted by Gasteiger charge is 2.27. The summed E-state index contributed by atoms with van der Waals surface area (Å²) in [5, 5.41) is 14.0. The number of phenolic OH excluding ortho intramolecular Hbond substituents is 1. The van der Waals surface area contributed by atoms with Crippen LogP contribution in [0.5, 0.6) is 11.5 Å². The molecule has 4 nitrogen and oxygen atoms in total. The fourth-order valence-corrected chi connectivity index (χ4v) is 3.31. The molecule has 1 aliphatic rings. The summed E-state index contributed by atoms with van der Waals surface area (Å²) < 4.78 is 7.65. The minimum Gasteiger partial charge on any atom is -0.507 e. The van der Waals surface area contributed by atoms with Crippen molar-refractivity contribution in [1.82, 2.24) is 9.88 Å². The molecule has 1 aromatic heterocycles. The van der Waals surface area contributed by atoms with Crippen LogP contribution in [0.15, 0.2) is 60.8 Å². The lowest BCUT2D eigenvalue weighted by molar-refractivity contribution is 0.390. The van der Waals surface area contributed by atoms with E-state index in [1.54, 1.807) is 19.2 Å². The maximum atomic E-state index is 10.4. The summed E-state index contributed by atoms with van der Waals surface area (Å²) in [6.45, 7) is 0.722. The minimum absolute atomic E-state index is 0.145. The standard InChI is InChI=1S/C19H18N2O2/c1-23-17-10-4-9-16(22)18(17)19-15-8-5-11-21(15)14-7-3-2-6-13(14)12-20-19/h2-11,19-20,22H,12H2,1H3/t19-/m1/s1. The highest BCUT2D eigenvalue weighted by atomic mass is 16.5. The van der Waals surface area contributed by atoms with Crippen molar-refractivity contribution in [2.75, 3.05) is 7.11 Å². The van der Waals surface area contributed by atoms with Crippen molar-refractivity contribution in [2.45, 2.75) is 12.6 Å². The van der Waals surface area contributed by atoms with E-state index in [1.165, 1.54) is 5.56 Å². The lowest BCUT2D eigenvalue weighted by Crippen LogP contribution is -2.22. The monoisotopic (exact) mass is 306 g/mol. The number of benzene rings is 2. The van der Waals surface area contributed by atoms with Gasteiger partial charge in [-0.25, -0.2) is 0 Å². The Bertz CT molecular complexity index is 854. The zero-order chi connectivity index (χ0) is 15.8. The summed E-state index contributed by atoms with van der Waals surface area (Å²) in [5.74, 6) is 0.918. The van der Waals surface area contributed by atoms with Crippen LogP contribution in [0.25, 0.3) is 5.69 Å². The van der Waals surface area contributed by atoms with Gasteiger partial charge in [-0.05, 0) is 35.9 Å². The largest absolute Gasteiger partial charge is 0.507 e. The third kappa shape index (κ3) is 2.19. The summed E-state index contributed by atoms with van der Waals surface area (Å²) in [5.41, 5.74) is 4.23. The first-order chi connectivity index (χ1) is 11.3. The molecule has 0 amide bonds. The molecule has 116 valence electrons. The van der Waals surface area contributed by atoms with E-state index in [1.807, 2.05) is 24.3 Å². The van der Waals surface area contributed by atoms with Gasteiger partial charge in [0.25, 0.3) is 0 Å². The molecule has 0 unspecified atom stereocenters. The number of aromatic nitrogens is 1. The SMILES string of the molecule is COc1cccc(O)c1[C@@H]1NCc2ccccc2-n2cccc21. The molecule has 4 heteroatoms. The second kappa shape index (κ2) is 5.48. The average molecular weight is 306 g/mol. The second-order valence-electron chi connectivity index (χ2n) is 5.64. The first-order valence-electron chi connectivity index (χ1n) is 7.64. The van der Waals surface area contributed by atoms with Crippen molar-refractivity contribution in [3.8, 4) is 17.2 Å². The lowest BCUT2D eigenvalue weighted by atomic mass is 10.0. The summed E-state index contributed by atoms with van der Waals surface area (Å²) in [4.78, 5) is 0. The predicted octanol–water partition coefficient (Wildman–Crippen LogP) is 3.38. The van der Waals surface area contributed by atoms with Gasteiger partial charge in [0.1, 0.15) is 11.5 Å². The zero-order valence-electron chi connectivity index (χ0n) is 12.9. The van der Waals surface area contributed by atoms with Gasteiger partial charge in [-0.15, -0.1) is 0 Å². The van der Waals surface area contributed by atoms with E-state index in [9.17, 15) is 5.11 Å². The molecular weight excluding hydrogens is 288 g/mol. The van der Waals surface area contributed by atoms with E-state index in [2.05, 4.69) is 34.3 Å². The Hall–Kier alpha value is -2.72. The number of hydrogen-bond donors (Lipinski definition) is 2. The maximum Gasteiger partial charge on any atom is 0.127 e. The Morgan fingerprint density at radius 2 is 1.96 bits per heavy atom. The van der Waals surface area contributed by atoms with Crippen LogP contribution in [0.1, 0.15) is 22.9 Å². The molecule has 3 aromatic rings. The zero-order valence-corrected chi connectivity index (χ0v) is 12.9. The summed E-state index contributed by atoms with van der Waals surface area (Å²) >= 11 is 0. The first kappa shape index (κ1) is 13.9. The van der Waals surface area contributed by atoms with Crippen LogP contribution in [-0.4, -0.2) is 16.8 Å². The van der Waals surface area contributed by atoms with E-state index < -0.39 is 0 Å². The molecule has 0 fully saturated rings.